The number of hydrogen-bond acceptors (Lipinski definition) is 4. The fourth-order valence-electron chi connectivity index (χ4n) is 1.93. The number of nitrogens with one attached hydrogen (secondary N) is 2. The summed E-state index contributed by atoms with van der Waals surface area (Å²) in [4.78, 5) is 29.1. The van der Waals surface area contributed by atoms with Gasteiger partial charge in [-0.25, -0.2) is 9.79 Å². The number of aromatic amines is 1. The molecule has 7 heteroatoms. The lowest BCUT2D eigenvalue weighted by Crippen LogP contribution is -2.14. The van der Waals surface area contributed by atoms with Gasteiger partial charge >= 0.3 is 6.03 Å². The summed E-state index contributed by atoms with van der Waals surface area (Å²) in [6.07, 6.45) is 1.10. The van der Waals surface area contributed by atoms with Crippen molar-refractivity contribution in [3.63, 3.8) is 0 Å². The Morgan fingerprint density at radius 2 is 2.00 bits per heavy atom. The van der Waals surface area contributed by atoms with Crippen LogP contribution in [0, 0.1) is 25.2 Å². The van der Waals surface area contributed by atoms with Gasteiger partial charge in [-0.05, 0) is 31.5 Å². The van der Waals surface area contributed by atoms with Crippen LogP contribution in [0.1, 0.15) is 22.3 Å². The molecule has 2 rings (SSSR count). The molecule has 3 N–H and O–H groups in total. The van der Waals surface area contributed by atoms with E-state index >= 15 is 0 Å². The molecule has 0 fully saturated rings. The van der Waals surface area contributed by atoms with E-state index in [1.165, 1.54) is 6.92 Å². The van der Waals surface area contributed by atoms with Crippen molar-refractivity contribution in [2.75, 3.05) is 5.32 Å². The van der Waals surface area contributed by atoms with Crippen LogP contribution in [0.2, 0.25) is 0 Å². The molecule has 0 bridgehead atoms. The Morgan fingerprint density at radius 1 is 1.35 bits per heavy atom. The van der Waals surface area contributed by atoms with Crippen LogP contribution in [0.3, 0.4) is 0 Å². The van der Waals surface area contributed by atoms with E-state index in [0.717, 1.165) is 11.8 Å². The first-order valence-corrected chi connectivity index (χ1v) is 6.70. The van der Waals surface area contributed by atoms with Gasteiger partial charge in [0.25, 0.3) is 5.56 Å². The van der Waals surface area contributed by atoms with E-state index in [2.05, 4.69) is 15.3 Å². The summed E-state index contributed by atoms with van der Waals surface area (Å²) in [5.74, 6) is -0.446. The van der Waals surface area contributed by atoms with E-state index in [0.29, 0.717) is 5.69 Å². The maximum Gasteiger partial charge on any atom is 0.345 e. The van der Waals surface area contributed by atoms with Gasteiger partial charge in [0.05, 0.1) is 5.56 Å². The van der Waals surface area contributed by atoms with E-state index in [9.17, 15) is 14.7 Å². The Kier molecular flexibility index (Phi) is 4.57. The van der Waals surface area contributed by atoms with Crippen LogP contribution in [0.5, 0.6) is 5.88 Å². The van der Waals surface area contributed by atoms with E-state index < -0.39 is 17.5 Å². The molecule has 1 aromatic carbocycles. The predicted octanol–water partition coefficient (Wildman–Crippen LogP) is 2.22. The van der Waals surface area contributed by atoms with Crippen LogP contribution in [0.4, 0.5) is 10.5 Å². The molecule has 7 nitrogen and oxygen atoms in total. The maximum atomic E-state index is 11.8. The molecule has 116 valence electrons. The Bertz CT molecular complexity index is 874. The van der Waals surface area contributed by atoms with Gasteiger partial charge in [0, 0.05) is 11.9 Å². The van der Waals surface area contributed by atoms with Crippen LogP contribution in [0.25, 0.3) is 0 Å². The van der Waals surface area contributed by atoms with Crippen molar-refractivity contribution in [3.05, 3.63) is 56.9 Å². The fraction of sp³-hybridized carbons (Fsp3) is 0.125. The lowest BCUT2D eigenvalue weighted by Gasteiger charge is -2.05. The van der Waals surface area contributed by atoms with E-state index in [1.807, 2.05) is 19.1 Å². The smallest absolute Gasteiger partial charge is 0.345 e. The SMILES string of the molecule is Cc1ccc(NC(=O)/N=C/c2c(O)[nH]c(=O)c(C#N)c2C)cc1. The number of hydrogen-bond donors (Lipinski definition) is 3. The first-order valence-electron chi connectivity index (χ1n) is 6.70. The van der Waals surface area contributed by atoms with Crippen molar-refractivity contribution in [1.82, 2.24) is 4.98 Å². The standard InChI is InChI=1S/C16H14N4O3/c1-9-3-5-11(6-4-9)19-16(23)18-8-13-10(2)12(7-17)14(21)20-15(13)22/h3-6,8H,1-2H3,(H,19,23)(H2,20,21,22)/b18-8+. The van der Waals surface area contributed by atoms with Crippen molar-refractivity contribution in [2.24, 2.45) is 4.99 Å². The number of aryl methyl sites for hydroxylation is 1. The largest absolute Gasteiger partial charge is 0.494 e. The number of urea groups is 1. The van der Waals surface area contributed by atoms with Gasteiger partial charge in [0.2, 0.25) is 5.88 Å². The molecule has 0 radical (unpaired) electrons. The quantitative estimate of drug-likeness (QED) is 0.737. The second-order valence-electron chi connectivity index (χ2n) is 4.88. The van der Waals surface area contributed by atoms with Crippen LogP contribution < -0.4 is 10.9 Å². The number of benzene rings is 1. The number of aromatic hydroxyl groups is 1. The first kappa shape index (κ1) is 16.0. The molecule has 0 saturated carbocycles. The molecule has 0 atom stereocenters. The number of amides is 2. The number of carbonyl (C=O) groups excluding carboxylic acids is 1. The third-order valence-corrected chi connectivity index (χ3v) is 3.22. The number of rotatable bonds is 2. The average molecular weight is 310 g/mol. The summed E-state index contributed by atoms with van der Waals surface area (Å²) in [5.41, 5.74) is 1.18. The summed E-state index contributed by atoms with van der Waals surface area (Å²) < 4.78 is 0. The van der Waals surface area contributed by atoms with Crippen molar-refractivity contribution >= 4 is 17.9 Å². The van der Waals surface area contributed by atoms with Gasteiger partial charge in [-0.2, -0.15) is 5.26 Å². The van der Waals surface area contributed by atoms with Gasteiger partial charge in [-0.3, -0.25) is 9.78 Å². The molecule has 0 aliphatic heterocycles. The topological polar surface area (TPSA) is 118 Å². The molecule has 0 unspecified atom stereocenters. The van der Waals surface area contributed by atoms with E-state index in [4.69, 9.17) is 5.26 Å². The lowest BCUT2D eigenvalue weighted by atomic mass is 10.1. The van der Waals surface area contributed by atoms with Gasteiger partial charge in [0.1, 0.15) is 11.6 Å². The highest BCUT2D eigenvalue weighted by molar-refractivity contribution is 5.99. The highest BCUT2D eigenvalue weighted by Gasteiger charge is 2.12. The zero-order valence-electron chi connectivity index (χ0n) is 12.5. The average Bonchev–Trinajstić information content (AvgIpc) is 2.49. The number of carbonyl (C=O) groups is 1. The van der Waals surface area contributed by atoms with Crippen LogP contribution >= 0.6 is 0 Å². The highest BCUT2D eigenvalue weighted by atomic mass is 16.3. The molecule has 23 heavy (non-hydrogen) atoms. The summed E-state index contributed by atoms with van der Waals surface area (Å²) in [6.45, 7) is 3.42. The normalized spacial score (nSPS) is 10.5. The van der Waals surface area contributed by atoms with Crippen molar-refractivity contribution < 1.29 is 9.90 Å². The number of aromatic nitrogens is 1. The van der Waals surface area contributed by atoms with Gasteiger partial charge in [0.15, 0.2) is 0 Å². The van der Waals surface area contributed by atoms with Crippen molar-refractivity contribution in [1.29, 1.82) is 5.26 Å². The lowest BCUT2D eigenvalue weighted by molar-refractivity contribution is 0.259. The fourth-order valence-corrected chi connectivity index (χ4v) is 1.93. The summed E-state index contributed by atoms with van der Waals surface area (Å²) in [7, 11) is 0. The minimum absolute atomic E-state index is 0.111. The molecular weight excluding hydrogens is 296 g/mol. The highest BCUT2D eigenvalue weighted by Crippen LogP contribution is 2.16. The van der Waals surface area contributed by atoms with Crippen LogP contribution in [-0.2, 0) is 0 Å². The molecule has 1 heterocycles. The Labute approximate surface area is 131 Å². The summed E-state index contributed by atoms with van der Waals surface area (Å²) >= 11 is 0. The van der Waals surface area contributed by atoms with Crippen molar-refractivity contribution in [3.8, 4) is 11.9 Å². The zero-order valence-corrected chi connectivity index (χ0v) is 12.5. The van der Waals surface area contributed by atoms with Crippen LogP contribution in [0.15, 0.2) is 34.1 Å². The zero-order chi connectivity index (χ0) is 17.0. The Balaban J connectivity index is 2.23. The molecule has 0 saturated heterocycles. The van der Waals surface area contributed by atoms with Crippen molar-refractivity contribution in [2.45, 2.75) is 13.8 Å². The summed E-state index contributed by atoms with van der Waals surface area (Å²) in [5, 5.41) is 21.2. The number of pyridine rings is 1. The molecule has 0 spiro atoms. The van der Waals surface area contributed by atoms with Gasteiger partial charge in [-0.1, -0.05) is 17.7 Å². The van der Waals surface area contributed by atoms with Gasteiger partial charge < -0.3 is 10.4 Å². The van der Waals surface area contributed by atoms with Gasteiger partial charge in [-0.15, -0.1) is 0 Å². The third kappa shape index (κ3) is 3.63. The minimum Gasteiger partial charge on any atom is -0.494 e. The number of aliphatic imine (C=N–C) groups is 1. The molecule has 2 aromatic rings. The second kappa shape index (κ2) is 6.58. The van der Waals surface area contributed by atoms with E-state index in [-0.39, 0.29) is 16.7 Å². The minimum atomic E-state index is -0.691. The summed E-state index contributed by atoms with van der Waals surface area (Å²) in [6, 6.07) is 8.26. The first-order chi connectivity index (χ1) is 10.9. The Morgan fingerprint density at radius 3 is 2.61 bits per heavy atom. The number of H-pyrrole nitrogens is 1. The second-order valence-corrected chi connectivity index (χ2v) is 4.88. The predicted molar refractivity (Wildman–Crippen MR) is 86.0 cm³/mol. The molecule has 0 aliphatic carbocycles. The molecule has 0 aliphatic rings. The molecule has 2 amide bonds. The maximum absolute atomic E-state index is 11.8. The number of nitrogens with zero attached hydrogens (tertiary/aromatic N) is 2. The third-order valence-electron chi connectivity index (χ3n) is 3.22. The monoisotopic (exact) mass is 310 g/mol. The number of nitriles is 1. The van der Waals surface area contributed by atoms with Crippen LogP contribution in [-0.4, -0.2) is 22.3 Å². The number of anilines is 1. The molecular formula is C16H14N4O3. The van der Waals surface area contributed by atoms with E-state index in [1.54, 1.807) is 18.2 Å². The molecule has 1 aromatic heterocycles. The Hall–Kier alpha value is -3.40.